The molecule has 2 atom stereocenters. The number of ketones is 1. The van der Waals surface area contributed by atoms with Gasteiger partial charge in [-0.2, -0.15) is 0 Å². The Hall–Kier alpha value is -3.54. The lowest BCUT2D eigenvalue weighted by Crippen LogP contribution is -2.36. The third-order valence-electron chi connectivity index (χ3n) is 6.32. The van der Waals surface area contributed by atoms with Crippen molar-refractivity contribution in [3.05, 3.63) is 82.2 Å². The Balaban J connectivity index is 1.60. The highest BCUT2D eigenvalue weighted by Gasteiger charge is 2.41. The van der Waals surface area contributed by atoms with Gasteiger partial charge in [0.25, 0.3) is 0 Å². The van der Waals surface area contributed by atoms with Crippen molar-refractivity contribution in [3.8, 4) is 11.5 Å². The molecule has 32 heavy (non-hydrogen) atoms. The number of hydrogen-bond acceptors (Lipinski definition) is 6. The van der Waals surface area contributed by atoms with Gasteiger partial charge in [0.05, 0.1) is 12.2 Å². The van der Waals surface area contributed by atoms with Crippen molar-refractivity contribution >= 4 is 11.8 Å². The minimum absolute atomic E-state index is 0.0459. The van der Waals surface area contributed by atoms with E-state index in [-0.39, 0.29) is 25.1 Å². The van der Waals surface area contributed by atoms with Gasteiger partial charge < -0.3 is 19.5 Å². The number of dihydropyridines is 1. The number of Topliss-reactive ketones (excluding diaryl/α,β-unsaturated/α-hetero) is 1. The van der Waals surface area contributed by atoms with E-state index in [4.69, 9.17) is 14.2 Å². The molecule has 1 aliphatic carbocycles. The number of benzene rings is 2. The maximum absolute atomic E-state index is 13.5. The molecule has 6 heteroatoms. The van der Waals surface area contributed by atoms with Gasteiger partial charge in [0, 0.05) is 29.3 Å². The van der Waals surface area contributed by atoms with Crippen molar-refractivity contribution < 1.29 is 23.8 Å². The number of ether oxygens (including phenoxy) is 3. The first-order valence-electron chi connectivity index (χ1n) is 10.9. The molecule has 1 N–H and O–H groups in total. The molecule has 0 aromatic heterocycles. The molecule has 2 heterocycles. The Morgan fingerprint density at radius 3 is 2.62 bits per heavy atom. The predicted octanol–water partition coefficient (Wildman–Crippen LogP) is 4.34. The normalized spacial score (nSPS) is 21.9. The number of carbonyl (C=O) groups excluding carboxylic acids is 2. The Labute approximate surface area is 186 Å². The van der Waals surface area contributed by atoms with Crippen LogP contribution in [0.25, 0.3) is 0 Å². The lowest BCUT2D eigenvalue weighted by atomic mass is 9.71. The van der Waals surface area contributed by atoms with Crippen LogP contribution < -0.4 is 14.8 Å². The van der Waals surface area contributed by atoms with Crippen molar-refractivity contribution in [1.82, 2.24) is 5.32 Å². The Morgan fingerprint density at radius 2 is 1.84 bits per heavy atom. The van der Waals surface area contributed by atoms with Crippen molar-refractivity contribution in [1.29, 1.82) is 0 Å². The monoisotopic (exact) mass is 431 g/mol. The van der Waals surface area contributed by atoms with Gasteiger partial charge in [-0.25, -0.2) is 4.79 Å². The quantitative estimate of drug-likeness (QED) is 0.726. The first-order chi connectivity index (χ1) is 15.6. The molecule has 0 unspecified atom stereocenters. The lowest BCUT2D eigenvalue weighted by molar-refractivity contribution is -0.138. The van der Waals surface area contributed by atoms with Crippen LogP contribution in [0.1, 0.15) is 49.7 Å². The van der Waals surface area contributed by atoms with Crippen LogP contribution in [0.5, 0.6) is 11.5 Å². The van der Waals surface area contributed by atoms with Crippen LogP contribution in [0.3, 0.4) is 0 Å². The zero-order valence-electron chi connectivity index (χ0n) is 18.1. The predicted molar refractivity (Wildman–Crippen MR) is 118 cm³/mol. The Kier molecular flexibility index (Phi) is 5.21. The first kappa shape index (κ1) is 20.4. The summed E-state index contributed by atoms with van der Waals surface area (Å²) in [7, 11) is 0. The molecule has 5 rings (SSSR count). The molecule has 2 aromatic rings. The number of esters is 1. The largest absolute Gasteiger partial charge is 0.463 e. The van der Waals surface area contributed by atoms with Crippen LogP contribution in [-0.2, 0) is 14.3 Å². The maximum Gasteiger partial charge on any atom is 0.336 e. The highest BCUT2D eigenvalue weighted by molar-refractivity contribution is 6.04. The molecule has 0 saturated carbocycles. The molecule has 0 spiro atoms. The summed E-state index contributed by atoms with van der Waals surface area (Å²) in [4.78, 5) is 26.5. The van der Waals surface area contributed by atoms with Crippen LogP contribution in [-0.4, -0.2) is 25.2 Å². The van der Waals surface area contributed by atoms with Gasteiger partial charge in [-0.3, -0.25) is 4.79 Å². The van der Waals surface area contributed by atoms with Crippen LogP contribution >= 0.6 is 0 Å². The van der Waals surface area contributed by atoms with Crippen LogP contribution in [0.15, 0.2) is 71.1 Å². The minimum atomic E-state index is -0.510. The van der Waals surface area contributed by atoms with Crippen molar-refractivity contribution in [2.45, 2.75) is 38.5 Å². The van der Waals surface area contributed by atoms with Crippen LogP contribution in [0, 0.1) is 0 Å². The van der Waals surface area contributed by atoms with Crippen molar-refractivity contribution in [3.63, 3.8) is 0 Å². The summed E-state index contributed by atoms with van der Waals surface area (Å²) in [5.41, 5.74) is 4.67. The van der Waals surface area contributed by atoms with Gasteiger partial charge in [0.15, 0.2) is 17.3 Å². The Bertz CT molecular complexity index is 1150. The number of rotatable bonds is 4. The minimum Gasteiger partial charge on any atom is -0.463 e. The molecule has 0 radical (unpaired) electrons. The van der Waals surface area contributed by atoms with E-state index in [9.17, 15) is 9.59 Å². The highest BCUT2D eigenvalue weighted by Crippen LogP contribution is 2.47. The second-order valence-electron chi connectivity index (χ2n) is 8.26. The number of fused-ring (bicyclic) bond motifs is 1. The summed E-state index contributed by atoms with van der Waals surface area (Å²) in [6.45, 7) is 4.07. The van der Waals surface area contributed by atoms with Gasteiger partial charge in [-0.05, 0) is 49.4 Å². The topological polar surface area (TPSA) is 73.9 Å². The second-order valence-corrected chi connectivity index (χ2v) is 8.26. The zero-order chi connectivity index (χ0) is 22.2. The van der Waals surface area contributed by atoms with Gasteiger partial charge >= 0.3 is 5.97 Å². The highest BCUT2D eigenvalue weighted by atomic mass is 16.7. The summed E-state index contributed by atoms with van der Waals surface area (Å²) in [5, 5.41) is 3.37. The maximum atomic E-state index is 13.5. The number of allylic oxidation sites excluding steroid dienone is 3. The molecule has 164 valence electrons. The molecular weight excluding hydrogens is 406 g/mol. The average Bonchev–Trinajstić information content (AvgIpc) is 3.26. The fourth-order valence-electron chi connectivity index (χ4n) is 4.91. The number of nitrogens with one attached hydrogen (secondary N) is 1. The molecule has 0 saturated heterocycles. The molecule has 3 aliphatic rings. The molecule has 6 nitrogen and oxygen atoms in total. The van der Waals surface area contributed by atoms with E-state index in [0.29, 0.717) is 41.2 Å². The SMILES string of the molecule is CCOC(=O)C1=C(C)NC2=C(C(=O)C[C@H](c3ccccc3)C2)[C@@H]1c1ccc2c(c1)OCO2. The molecule has 2 aromatic carbocycles. The lowest BCUT2D eigenvalue weighted by Gasteiger charge is -2.36. The fourth-order valence-corrected chi connectivity index (χ4v) is 4.91. The van der Waals surface area contributed by atoms with Crippen molar-refractivity contribution in [2.75, 3.05) is 13.4 Å². The molecule has 2 aliphatic heterocycles. The summed E-state index contributed by atoms with van der Waals surface area (Å²) >= 11 is 0. The average molecular weight is 431 g/mol. The van der Waals surface area contributed by atoms with E-state index in [1.807, 2.05) is 43.3 Å². The van der Waals surface area contributed by atoms with E-state index in [2.05, 4.69) is 17.4 Å². The van der Waals surface area contributed by atoms with E-state index >= 15 is 0 Å². The molecular formula is C26H25NO5. The van der Waals surface area contributed by atoms with Gasteiger partial charge in [-0.1, -0.05) is 36.4 Å². The smallest absolute Gasteiger partial charge is 0.336 e. The van der Waals surface area contributed by atoms with Gasteiger partial charge in [0.1, 0.15) is 0 Å². The molecule has 0 bridgehead atoms. The fraction of sp³-hybridized carbons (Fsp3) is 0.308. The summed E-state index contributed by atoms with van der Waals surface area (Å²) < 4.78 is 16.4. The third kappa shape index (κ3) is 3.45. The summed E-state index contributed by atoms with van der Waals surface area (Å²) in [6.07, 6.45) is 1.11. The van der Waals surface area contributed by atoms with E-state index in [0.717, 1.165) is 16.8 Å². The number of carbonyl (C=O) groups is 2. The third-order valence-corrected chi connectivity index (χ3v) is 6.32. The second kappa shape index (κ2) is 8.19. The van der Waals surface area contributed by atoms with Crippen LogP contribution in [0.2, 0.25) is 0 Å². The number of hydrogen-bond donors (Lipinski definition) is 1. The zero-order valence-corrected chi connectivity index (χ0v) is 18.1. The summed E-state index contributed by atoms with van der Waals surface area (Å²) in [6, 6.07) is 15.7. The Morgan fingerprint density at radius 1 is 1.06 bits per heavy atom. The van der Waals surface area contributed by atoms with E-state index < -0.39 is 11.9 Å². The molecule has 0 amide bonds. The first-order valence-corrected chi connectivity index (χ1v) is 10.9. The van der Waals surface area contributed by atoms with Crippen LogP contribution in [0.4, 0.5) is 0 Å². The van der Waals surface area contributed by atoms with Gasteiger partial charge in [-0.15, -0.1) is 0 Å². The van der Waals surface area contributed by atoms with Crippen molar-refractivity contribution in [2.24, 2.45) is 0 Å². The van der Waals surface area contributed by atoms with E-state index in [1.165, 1.54) is 0 Å². The standard InChI is InChI=1S/C26H25NO5/c1-3-30-26(29)23-15(2)27-19-11-18(16-7-5-4-6-8-16)12-20(28)25(19)24(23)17-9-10-21-22(13-17)32-14-31-21/h4-10,13,18,24,27H,3,11-12,14H2,1-2H3/t18-,24-/m1/s1. The molecule has 0 fully saturated rings. The van der Waals surface area contributed by atoms with E-state index in [1.54, 1.807) is 6.92 Å². The van der Waals surface area contributed by atoms with Gasteiger partial charge in [0.2, 0.25) is 6.79 Å². The summed E-state index contributed by atoms with van der Waals surface area (Å²) in [5.74, 6) is 0.506.